The van der Waals surface area contributed by atoms with Gasteiger partial charge in [0.2, 0.25) is 0 Å². The Balaban J connectivity index is 1.10. The van der Waals surface area contributed by atoms with E-state index in [1.807, 2.05) is 18.2 Å². The van der Waals surface area contributed by atoms with Crippen LogP contribution in [-0.4, -0.2) is 42.5 Å². The third kappa shape index (κ3) is 6.42. The Hall–Kier alpha value is -4.38. The summed E-state index contributed by atoms with van der Waals surface area (Å²) in [6.45, 7) is 4.24. The maximum Gasteiger partial charge on any atom is 0.273 e. The van der Waals surface area contributed by atoms with Gasteiger partial charge >= 0.3 is 0 Å². The number of aliphatic hydroxyl groups is 1. The second-order valence-corrected chi connectivity index (χ2v) is 10.8. The van der Waals surface area contributed by atoms with E-state index in [1.165, 1.54) is 0 Å². The fraction of sp³-hybridized carbons (Fsp3) is 0.379. The number of aryl methyl sites for hydroxylation is 1. The van der Waals surface area contributed by atoms with E-state index in [1.54, 1.807) is 49.5 Å². The molecule has 40 heavy (non-hydrogen) atoms. The molecule has 1 aliphatic heterocycles. The van der Waals surface area contributed by atoms with Gasteiger partial charge in [-0.2, -0.15) is 0 Å². The minimum Gasteiger partial charge on any atom is -0.472 e. The van der Waals surface area contributed by atoms with Crippen molar-refractivity contribution in [3.63, 3.8) is 0 Å². The smallest absolute Gasteiger partial charge is 0.273 e. The van der Waals surface area contributed by atoms with Gasteiger partial charge < -0.3 is 20.6 Å². The van der Waals surface area contributed by atoms with Crippen molar-refractivity contribution in [2.45, 2.75) is 64.6 Å². The van der Waals surface area contributed by atoms with Crippen LogP contribution in [0.1, 0.15) is 73.3 Å². The molecule has 208 valence electrons. The highest BCUT2D eigenvalue weighted by atomic mass is 16.3. The Labute approximate surface area is 232 Å². The molecule has 0 radical (unpaired) electrons. The van der Waals surface area contributed by atoms with Crippen LogP contribution in [0.5, 0.6) is 0 Å². The topological polar surface area (TPSA) is 168 Å². The summed E-state index contributed by atoms with van der Waals surface area (Å²) in [5.74, 6) is 0.338. The molecule has 0 atom stereocenters. The van der Waals surface area contributed by atoms with Crippen LogP contribution in [0.4, 0.5) is 0 Å². The van der Waals surface area contributed by atoms with Gasteiger partial charge in [-0.25, -0.2) is 4.99 Å². The van der Waals surface area contributed by atoms with E-state index in [2.05, 4.69) is 25.6 Å². The largest absolute Gasteiger partial charge is 0.472 e. The Morgan fingerprint density at radius 1 is 1.30 bits per heavy atom. The lowest BCUT2D eigenvalue weighted by molar-refractivity contribution is 0.0737. The summed E-state index contributed by atoms with van der Waals surface area (Å²) >= 11 is 0. The average Bonchev–Trinajstić information content (AvgIpc) is 3.28. The summed E-state index contributed by atoms with van der Waals surface area (Å²) in [4.78, 5) is 21.3. The molecule has 1 amide bonds. The first-order chi connectivity index (χ1) is 19.2. The summed E-state index contributed by atoms with van der Waals surface area (Å²) < 4.78 is 6.94. The third-order valence-corrected chi connectivity index (χ3v) is 6.90. The Morgan fingerprint density at radius 2 is 2.12 bits per heavy atom. The highest BCUT2D eigenvalue weighted by Crippen LogP contribution is 2.41. The Kier molecular flexibility index (Phi) is 7.74. The monoisotopic (exact) mass is 542 g/mol. The van der Waals surface area contributed by atoms with E-state index < -0.39 is 5.60 Å². The number of carbonyl (C=O) groups excluding carboxylic acids is 1. The average molecular weight is 543 g/mol. The Bertz CT molecular complexity index is 1470. The minimum atomic E-state index is -1.02. The van der Waals surface area contributed by atoms with Crippen LogP contribution in [0.3, 0.4) is 0 Å². The van der Waals surface area contributed by atoms with Crippen LogP contribution in [0.15, 0.2) is 69.9 Å². The van der Waals surface area contributed by atoms with E-state index in [0.717, 1.165) is 53.7 Å². The number of aromatic nitrogens is 4. The van der Waals surface area contributed by atoms with Crippen LogP contribution >= 0.6 is 0 Å². The van der Waals surface area contributed by atoms with Crippen LogP contribution in [0, 0.1) is 11.3 Å². The predicted octanol–water partition coefficient (Wildman–Crippen LogP) is 3.73. The number of nitrogens with one attached hydrogen (secondary N) is 2. The molecule has 5 rings (SSSR count). The van der Waals surface area contributed by atoms with E-state index >= 15 is 0 Å². The van der Waals surface area contributed by atoms with Gasteiger partial charge in [-0.3, -0.25) is 19.9 Å². The van der Waals surface area contributed by atoms with Crippen molar-refractivity contribution in [2.24, 2.45) is 16.6 Å². The number of furan rings is 1. The molecule has 3 aromatic rings. The van der Waals surface area contributed by atoms with Crippen molar-refractivity contribution < 1.29 is 14.3 Å². The van der Waals surface area contributed by atoms with Crippen molar-refractivity contribution in [1.29, 1.82) is 5.41 Å². The first kappa shape index (κ1) is 27.2. The number of amides is 1. The summed E-state index contributed by atoms with van der Waals surface area (Å²) in [6.07, 6.45) is 12.9. The van der Waals surface area contributed by atoms with Crippen molar-refractivity contribution in [2.75, 3.05) is 0 Å². The second kappa shape index (κ2) is 11.4. The molecule has 11 nitrogen and oxygen atoms in total. The first-order valence-corrected chi connectivity index (χ1v) is 13.5. The number of hydrogen-bond acceptors (Lipinski definition) is 8. The van der Waals surface area contributed by atoms with E-state index in [0.29, 0.717) is 36.8 Å². The molecule has 0 saturated heterocycles. The van der Waals surface area contributed by atoms with Crippen LogP contribution in [-0.2, 0) is 18.7 Å². The fourth-order valence-electron chi connectivity index (χ4n) is 4.53. The molecule has 3 aromatic heterocycles. The van der Waals surface area contributed by atoms with Crippen molar-refractivity contribution in [3.8, 4) is 0 Å². The van der Waals surface area contributed by atoms with Crippen LogP contribution in [0.25, 0.3) is 5.57 Å². The number of hydrogen-bond donors (Lipinski definition) is 4. The zero-order chi connectivity index (χ0) is 28.3. The standard InChI is InChI=1S/C29H34N8O3/c1-29(2,39)24-9-6-18(14-32-24)15-33-28(38)23-16-37(36-35-23)11-4-3-5-21(30)13-22-25(20-10-12-40-17-20)26(19-7-8-19)34-27(22)31/h6,9-10,12-14,16-17,19,31,39H,3-5,7-8,11,15,30H2,1-2H3,(H,33,38). The second-order valence-electron chi connectivity index (χ2n) is 10.8. The normalized spacial score (nSPS) is 16.0. The molecule has 1 fully saturated rings. The lowest BCUT2D eigenvalue weighted by Crippen LogP contribution is -2.23. The Morgan fingerprint density at radius 3 is 2.80 bits per heavy atom. The van der Waals surface area contributed by atoms with Crippen LogP contribution in [0.2, 0.25) is 0 Å². The number of allylic oxidation sites excluding steroid dienone is 2. The number of pyridine rings is 1. The number of amidine groups is 1. The predicted molar refractivity (Wildman–Crippen MR) is 150 cm³/mol. The van der Waals surface area contributed by atoms with Gasteiger partial charge in [0.25, 0.3) is 5.91 Å². The van der Waals surface area contributed by atoms with Crippen LogP contribution < -0.4 is 11.1 Å². The molecule has 11 heteroatoms. The molecule has 1 aliphatic carbocycles. The lowest BCUT2D eigenvalue weighted by atomic mass is 9.96. The summed E-state index contributed by atoms with van der Waals surface area (Å²) in [5, 5.41) is 29.3. The van der Waals surface area contributed by atoms with Gasteiger partial charge in [-0.1, -0.05) is 11.3 Å². The maximum atomic E-state index is 12.5. The molecule has 2 aliphatic rings. The molecular weight excluding hydrogens is 508 g/mol. The summed E-state index contributed by atoms with van der Waals surface area (Å²) in [6, 6.07) is 5.46. The number of aliphatic imine (C=N–C) groups is 1. The summed E-state index contributed by atoms with van der Waals surface area (Å²) in [7, 11) is 0. The third-order valence-electron chi connectivity index (χ3n) is 6.90. The quantitative estimate of drug-likeness (QED) is 0.253. The minimum absolute atomic E-state index is 0.241. The lowest BCUT2D eigenvalue weighted by Gasteiger charge is -2.16. The zero-order valence-corrected chi connectivity index (χ0v) is 22.7. The van der Waals surface area contributed by atoms with E-state index in [9.17, 15) is 9.90 Å². The van der Waals surface area contributed by atoms with E-state index in [-0.39, 0.29) is 17.4 Å². The molecule has 5 N–H and O–H groups in total. The molecular formula is C29H34N8O3. The van der Waals surface area contributed by atoms with Crippen molar-refractivity contribution >= 4 is 23.0 Å². The van der Waals surface area contributed by atoms with Crippen molar-refractivity contribution in [1.82, 2.24) is 25.3 Å². The first-order valence-electron chi connectivity index (χ1n) is 13.5. The maximum absolute atomic E-state index is 12.5. The zero-order valence-electron chi connectivity index (χ0n) is 22.7. The molecule has 0 aromatic carbocycles. The van der Waals surface area contributed by atoms with Gasteiger partial charge in [-0.15, -0.1) is 5.10 Å². The van der Waals surface area contributed by atoms with E-state index in [4.69, 9.17) is 15.6 Å². The highest BCUT2D eigenvalue weighted by Gasteiger charge is 2.36. The number of carbonyl (C=O) groups is 1. The highest BCUT2D eigenvalue weighted by molar-refractivity contribution is 6.39. The summed E-state index contributed by atoms with van der Waals surface area (Å²) in [5.41, 5.74) is 11.3. The molecule has 1 saturated carbocycles. The number of unbranched alkanes of at least 4 members (excludes halogenated alkanes) is 1. The van der Waals surface area contributed by atoms with Gasteiger partial charge in [0.1, 0.15) is 5.60 Å². The number of nitrogens with two attached hydrogens (primary N) is 1. The number of rotatable bonds is 12. The fourth-order valence-corrected chi connectivity index (χ4v) is 4.53. The van der Waals surface area contributed by atoms with Crippen molar-refractivity contribution in [3.05, 3.63) is 83.0 Å². The SMILES string of the molecule is CC(C)(O)c1ccc(CNC(=O)c2cn(CCCCC(N)=CC3=C(c4ccoc4)C(C4CC4)=NC3=N)nn2)cn1. The van der Waals surface area contributed by atoms with Gasteiger partial charge in [0.05, 0.1) is 30.1 Å². The number of nitrogens with zero attached hydrogens (tertiary/aromatic N) is 5. The van der Waals surface area contributed by atoms with Gasteiger partial charge in [0.15, 0.2) is 11.5 Å². The molecule has 0 spiro atoms. The van der Waals surface area contributed by atoms with Gasteiger partial charge in [0, 0.05) is 47.6 Å². The van der Waals surface area contributed by atoms with Gasteiger partial charge in [-0.05, 0) is 69.7 Å². The molecule has 0 bridgehead atoms. The molecule has 0 unspecified atom stereocenters. The molecule has 4 heterocycles.